The summed E-state index contributed by atoms with van der Waals surface area (Å²) in [4.78, 5) is 12.4. The number of carbonyl (C=O) groups excluding carboxylic acids is 1. The number of nitrogens with one attached hydrogen (secondary N) is 1. The van der Waals surface area contributed by atoms with Crippen molar-refractivity contribution < 1.29 is 13.9 Å². The highest BCUT2D eigenvalue weighted by Crippen LogP contribution is 2.26. The smallest absolute Gasteiger partial charge is 0.231 e. The highest BCUT2D eigenvalue weighted by atomic mass is 19.1. The fraction of sp³-hybridized carbons (Fsp3) is 0.150. The number of amides is 1. The summed E-state index contributed by atoms with van der Waals surface area (Å²) in [5, 5.41) is 4.92. The number of halogens is 1. The highest BCUT2D eigenvalue weighted by Gasteiger charge is 2.16. The van der Waals surface area contributed by atoms with Gasteiger partial charge >= 0.3 is 0 Å². The van der Waals surface area contributed by atoms with Crippen LogP contribution in [0.5, 0.6) is 5.75 Å². The van der Waals surface area contributed by atoms with E-state index in [1.165, 1.54) is 12.1 Å². The van der Waals surface area contributed by atoms with E-state index in [2.05, 4.69) is 5.32 Å². The SMILES string of the molecule is COc1ccc2cc(C(C)C(=O)Nc3ccc(F)cc3)ccc2c1. The van der Waals surface area contributed by atoms with E-state index in [-0.39, 0.29) is 17.6 Å². The first-order valence-electron chi connectivity index (χ1n) is 7.71. The molecule has 1 N–H and O–H groups in total. The first kappa shape index (κ1) is 16.0. The molecule has 0 spiro atoms. The van der Waals surface area contributed by atoms with Gasteiger partial charge in [-0.25, -0.2) is 4.39 Å². The van der Waals surface area contributed by atoms with Gasteiger partial charge in [-0.15, -0.1) is 0 Å². The van der Waals surface area contributed by atoms with Crippen molar-refractivity contribution in [2.75, 3.05) is 12.4 Å². The van der Waals surface area contributed by atoms with Gasteiger partial charge in [-0.3, -0.25) is 4.79 Å². The number of hydrogen-bond donors (Lipinski definition) is 1. The van der Waals surface area contributed by atoms with Crippen LogP contribution in [0, 0.1) is 5.82 Å². The molecule has 1 amide bonds. The van der Waals surface area contributed by atoms with Crippen LogP contribution in [0.4, 0.5) is 10.1 Å². The van der Waals surface area contributed by atoms with E-state index in [9.17, 15) is 9.18 Å². The van der Waals surface area contributed by atoms with Crippen molar-refractivity contribution in [3.63, 3.8) is 0 Å². The number of carbonyl (C=O) groups is 1. The maximum absolute atomic E-state index is 12.9. The molecule has 3 rings (SSSR count). The third kappa shape index (κ3) is 3.38. The van der Waals surface area contributed by atoms with Gasteiger partial charge in [0.2, 0.25) is 5.91 Å². The Labute approximate surface area is 140 Å². The molecule has 0 radical (unpaired) electrons. The van der Waals surface area contributed by atoms with Crippen LogP contribution in [0.15, 0.2) is 60.7 Å². The van der Waals surface area contributed by atoms with Crippen LogP contribution in [-0.4, -0.2) is 13.0 Å². The summed E-state index contributed by atoms with van der Waals surface area (Å²) in [6, 6.07) is 17.5. The largest absolute Gasteiger partial charge is 0.497 e. The van der Waals surface area contributed by atoms with Gasteiger partial charge in [0.05, 0.1) is 13.0 Å². The fourth-order valence-electron chi connectivity index (χ4n) is 2.57. The molecule has 3 aromatic rings. The van der Waals surface area contributed by atoms with Gasteiger partial charge in [-0.2, -0.15) is 0 Å². The third-order valence-corrected chi connectivity index (χ3v) is 4.08. The Bertz CT molecular complexity index is 874. The second-order valence-electron chi connectivity index (χ2n) is 5.69. The van der Waals surface area contributed by atoms with Crippen molar-refractivity contribution in [1.29, 1.82) is 0 Å². The number of fused-ring (bicyclic) bond motifs is 1. The van der Waals surface area contributed by atoms with E-state index in [1.54, 1.807) is 19.2 Å². The normalized spacial score (nSPS) is 12.0. The summed E-state index contributed by atoms with van der Waals surface area (Å²) >= 11 is 0. The zero-order chi connectivity index (χ0) is 17.1. The molecule has 1 atom stereocenters. The van der Waals surface area contributed by atoms with Crippen molar-refractivity contribution in [3.8, 4) is 5.75 Å². The lowest BCUT2D eigenvalue weighted by Crippen LogP contribution is -2.18. The predicted molar refractivity (Wildman–Crippen MR) is 93.9 cm³/mol. The Morgan fingerprint density at radius 1 is 1.00 bits per heavy atom. The summed E-state index contributed by atoms with van der Waals surface area (Å²) in [6.45, 7) is 1.85. The van der Waals surface area contributed by atoms with Crippen molar-refractivity contribution >= 4 is 22.4 Å². The molecule has 122 valence electrons. The fourth-order valence-corrected chi connectivity index (χ4v) is 2.57. The van der Waals surface area contributed by atoms with Gasteiger partial charge in [0, 0.05) is 5.69 Å². The molecule has 0 bridgehead atoms. The van der Waals surface area contributed by atoms with E-state index in [0.717, 1.165) is 22.1 Å². The molecule has 0 heterocycles. The summed E-state index contributed by atoms with van der Waals surface area (Å²) < 4.78 is 18.2. The van der Waals surface area contributed by atoms with E-state index in [0.29, 0.717) is 5.69 Å². The van der Waals surface area contributed by atoms with Crippen LogP contribution < -0.4 is 10.1 Å². The third-order valence-electron chi connectivity index (χ3n) is 4.08. The van der Waals surface area contributed by atoms with Gasteiger partial charge < -0.3 is 10.1 Å². The van der Waals surface area contributed by atoms with E-state index >= 15 is 0 Å². The zero-order valence-corrected chi connectivity index (χ0v) is 13.5. The van der Waals surface area contributed by atoms with Gasteiger partial charge in [0.15, 0.2) is 0 Å². The zero-order valence-electron chi connectivity index (χ0n) is 13.5. The Balaban J connectivity index is 1.80. The Hall–Kier alpha value is -2.88. The predicted octanol–water partition coefficient (Wildman–Crippen LogP) is 4.73. The van der Waals surface area contributed by atoms with Crippen molar-refractivity contribution in [3.05, 3.63) is 72.0 Å². The molecule has 1 unspecified atom stereocenters. The minimum absolute atomic E-state index is 0.130. The lowest BCUT2D eigenvalue weighted by Gasteiger charge is -2.14. The minimum Gasteiger partial charge on any atom is -0.497 e. The van der Waals surface area contributed by atoms with Crippen LogP contribution in [0.25, 0.3) is 10.8 Å². The number of benzene rings is 3. The topological polar surface area (TPSA) is 38.3 Å². The van der Waals surface area contributed by atoms with Crippen LogP contribution in [0.1, 0.15) is 18.4 Å². The van der Waals surface area contributed by atoms with Crippen LogP contribution in [-0.2, 0) is 4.79 Å². The molecule has 4 heteroatoms. The van der Waals surface area contributed by atoms with Gasteiger partial charge in [-0.1, -0.05) is 24.3 Å². The quantitative estimate of drug-likeness (QED) is 0.754. The molecule has 0 aliphatic rings. The average molecular weight is 323 g/mol. The van der Waals surface area contributed by atoms with Crippen LogP contribution in [0.2, 0.25) is 0 Å². The number of methoxy groups -OCH3 is 1. The van der Waals surface area contributed by atoms with E-state index in [4.69, 9.17) is 4.74 Å². The highest BCUT2D eigenvalue weighted by molar-refractivity contribution is 5.96. The van der Waals surface area contributed by atoms with Crippen molar-refractivity contribution in [2.24, 2.45) is 0 Å². The second-order valence-corrected chi connectivity index (χ2v) is 5.69. The van der Waals surface area contributed by atoms with E-state index < -0.39 is 0 Å². The summed E-state index contributed by atoms with van der Waals surface area (Å²) in [5.41, 5.74) is 1.51. The molecule has 0 fully saturated rings. The number of hydrogen-bond acceptors (Lipinski definition) is 2. The van der Waals surface area contributed by atoms with Gasteiger partial charge in [-0.05, 0) is 59.7 Å². The molecule has 0 saturated carbocycles. The maximum Gasteiger partial charge on any atom is 0.231 e. The molecule has 0 aliphatic carbocycles. The monoisotopic (exact) mass is 323 g/mol. The van der Waals surface area contributed by atoms with Gasteiger partial charge in [0.25, 0.3) is 0 Å². The average Bonchev–Trinajstić information content (AvgIpc) is 2.62. The van der Waals surface area contributed by atoms with Crippen molar-refractivity contribution in [1.82, 2.24) is 0 Å². The first-order chi connectivity index (χ1) is 11.6. The van der Waals surface area contributed by atoms with Gasteiger partial charge in [0.1, 0.15) is 11.6 Å². The number of ether oxygens (including phenoxy) is 1. The Morgan fingerprint density at radius 2 is 1.67 bits per heavy atom. The molecule has 24 heavy (non-hydrogen) atoms. The molecule has 0 aliphatic heterocycles. The summed E-state index contributed by atoms with van der Waals surface area (Å²) in [7, 11) is 1.64. The molecule has 3 nitrogen and oxygen atoms in total. The minimum atomic E-state index is -0.328. The molecule has 0 saturated heterocycles. The molecule has 0 aromatic heterocycles. The Kier molecular flexibility index (Phi) is 4.47. The molecular formula is C20H18FNO2. The standard InChI is InChI=1S/C20H18FNO2/c1-13(20(23)22-18-8-6-17(21)7-9-18)14-3-4-16-12-19(24-2)10-5-15(16)11-14/h3-13H,1-2H3,(H,22,23). The number of anilines is 1. The summed E-state index contributed by atoms with van der Waals surface area (Å²) in [5.74, 6) is 0.0272. The van der Waals surface area contributed by atoms with Crippen LogP contribution in [0.3, 0.4) is 0 Å². The Morgan fingerprint density at radius 3 is 2.38 bits per heavy atom. The lowest BCUT2D eigenvalue weighted by atomic mass is 9.97. The molecular weight excluding hydrogens is 305 g/mol. The van der Waals surface area contributed by atoms with Crippen LogP contribution >= 0.6 is 0 Å². The van der Waals surface area contributed by atoms with Crippen molar-refractivity contribution in [2.45, 2.75) is 12.8 Å². The molecule has 3 aromatic carbocycles. The maximum atomic E-state index is 12.9. The number of rotatable bonds is 4. The lowest BCUT2D eigenvalue weighted by molar-refractivity contribution is -0.117. The summed E-state index contributed by atoms with van der Waals surface area (Å²) in [6.07, 6.45) is 0. The first-order valence-corrected chi connectivity index (χ1v) is 7.71. The second kappa shape index (κ2) is 6.71. The van der Waals surface area contributed by atoms with E-state index in [1.807, 2.05) is 43.3 Å².